The van der Waals surface area contributed by atoms with E-state index in [2.05, 4.69) is 41.3 Å². The van der Waals surface area contributed by atoms with Crippen LogP contribution in [0.3, 0.4) is 0 Å². The van der Waals surface area contributed by atoms with E-state index in [0.717, 1.165) is 117 Å². The van der Waals surface area contributed by atoms with E-state index in [1.165, 1.54) is 21.3 Å². The number of methoxy groups -OCH3 is 3. The number of halogens is 8. The Kier molecular flexibility index (Phi) is 42.2. The van der Waals surface area contributed by atoms with E-state index in [-0.39, 0.29) is 60.2 Å². The van der Waals surface area contributed by atoms with E-state index < -0.39 is 111 Å². The number of pyridine rings is 4. The van der Waals surface area contributed by atoms with Crippen molar-refractivity contribution in [3.63, 3.8) is 0 Å². The maximum atomic E-state index is 13.5. The smallest absolute Gasteiger partial charge is 0.870 e. The number of aliphatic carboxylic acids is 2. The Morgan fingerprint density at radius 2 is 0.601 bits per heavy atom. The zero-order valence-corrected chi connectivity index (χ0v) is 91.5. The average Bonchev–Trinajstić information content (AvgIpc) is 1.29. The largest absolute Gasteiger partial charge is 1.00 e. The van der Waals surface area contributed by atoms with E-state index in [1.807, 2.05) is 121 Å². The fraction of sp³-hybridized carbons (Fsp3) is 0.358. The molecule has 0 saturated heterocycles. The molecule has 4 saturated carbocycles. The summed E-state index contributed by atoms with van der Waals surface area (Å²) in [6, 6.07) is 55.4. The predicted octanol–water partition coefficient (Wildman–Crippen LogP) is 18.5. The minimum absolute atomic E-state index is 0. The monoisotopic (exact) mass is 2180 g/mol. The number of rotatable bonds is 25. The van der Waals surface area contributed by atoms with Crippen molar-refractivity contribution in [1.82, 2.24) is 46.5 Å². The number of esters is 3. The summed E-state index contributed by atoms with van der Waals surface area (Å²) >= 11 is 50.5. The molecule has 0 bridgehead atoms. The molecule has 39 heteroatoms. The van der Waals surface area contributed by atoms with E-state index >= 15 is 0 Å². The second-order valence-corrected chi connectivity index (χ2v) is 41.8. The van der Waals surface area contributed by atoms with E-state index in [0.29, 0.717) is 143 Å². The van der Waals surface area contributed by atoms with Crippen LogP contribution in [0.15, 0.2) is 194 Å². The Morgan fingerprint density at radius 1 is 0.351 bits per heavy atom. The van der Waals surface area contributed by atoms with Crippen molar-refractivity contribution in [3.05, 3.63) is 257 Å². The number of carboxylic acids is 2. The molecule has 0 aliphatic heterocycles. The molecule has 0 radical (unpaired) electrons. The van der Waals surface area contributed by atoms with Gasteiger partial charge in [-0.15, -0.1) is 0 Å². The zero-order chi connectivity index (χ0) is 106. The number of alkyl carbamates (subject to hydrolysis) is 2. The molecule has 4 fully saturated rings. The summed E-state index contributed by atoms with van der Waals surface area (Å²) in [6.45, 7) is 10.5. The Bertz CT molecular complexity index is 6790. The minimum Gasteiger partial charge on any atom is -0.870 e. The second kappa shape index (κ2) is 52.5. The summed E-state index contributed by atoms with van der Waals surface area (Å²) in [5.41, 5.74) is 24.6. The summed E-state index contributed by atoms with van der Waals surface area (Å²) in [6.07, 6.45) is 10.7. The number of nitrogens with zero attached hydrogens (tertiary/aromatic N) is 4. The van der Waals surface area contributed by atoms with Crippen molar-refractivity contribution in [3.8, 4) is 45.0 Å². The van der Waals surface area contributed by atoms with Crippen molar-refractivity contribution in [2.75, 3.05) is 21.3 Å². The van der Waals surface area contributed by atoms with Crippen LogP contribution in [0, 0.1) is 0 Å². The molecule has 4 aliphatic carbocycles. The van der Waals surface area contributed by atoms with Crippen LogP contribution in [-0.4, -0.2) is 174 Å². The van der Waals surface area contributed by atoms with Crippen LogP contribution in [0.5, 0.6) is 0 Å². The molecular weight excluding hydrogens is 2070 g/mol. The molecule has 4 unspecified atom stereocenters. The average molecular weight is 2190 g/mol. The number of carbonyl (C=O) groups is 10. The number of nitrogens with one attached hydrogen (secondary N) is 5. The van der Waals surface area contributed by atoms with Crippen molar-refractivity contribution in [2.24, 2.45) is 17.2 Å². The SMILES string of the molecule is CC(C)(C)OC(=O)NC1(C(=O)O)CCCC1.COC(=O)C(Cc1ccc2nc(-c3c(Cl)cccc3Cl)ccc2c1)NC(=O)C1(N)CCCC1.COC(=O)C(Cc1ccc2nc(-c3c(Cl)cccc3Cl)ccc2c1)NC(=O)C1(NC(=O)OC(C)(C)C)CCCC1.COC(=O)C(N)Cc1ccc2nc(-c3c(Cl)cccc3Cl)ccc2c1.NC1(C(=O)NC(Cc2ccc3nc(-c4c(Cl)cccc4Cl)ccc3c2)C(=O)O)CCCC1.[Na+].[OH-]. The van der Waals surface area contributed by atoms with Gasteiger partial charge in [0.1, 0.15) is 46.4 Å². The topological polar surface area (TPSA) is 477 Å². The van der Waals surface area contributed by atoms with Gasteiger partial charge in [0.05, 0.1) is 117 Å². The van der Waals surface area contributed by atoms with Gasteiger partial charge in [0.15, 0.2) is 0 Å². The number of ether oxygens (including phenoxy) is 5. The molecule has 8 aromatic carbocycles. The van der Waals surface area contributed by atoms with Crippen molar-refractivity contribution in [1.29, 1.82) is 0 Å². The molecule has 12 aromatic rings. The Labute approximate surface area is 919 Å². The Morgan fingerprint density at radius 3 is 0.872 bits per heavy atom. The molecule has 5 amide bonds. The molecule has 30 nitrogen and oxygen atoms in total. The Balaban J connectivity index is 0.000000193. The summed E-state index contributed by atoms with van der Waals surface area (Å²) in [5.74, 6) is -4.73. The van der Waals surface area contributed by atoms with Gasteiger partial charge in [0.2, 0.25) is 17.7 Å². The van der Waals surface area contributed by atoms with Crippen LogP contribution in [-0.2, 0) is 87.7 Å². The van der Waals surface area contributed by atoms with Crippen molar-refractivity contribution in [2.45, 2.75) is 227 Å². The van der Waals surface area contributed by atoms with Crippen LogP contribution in [0.2, 0.25) is 40.2 Å². The maximum Gasteiger partial charge on any atom is 1.00 e. The zero-order valence-electron chi connectivity index (χ0n) is 83.4. The standard InChI is InChI=1S/C30H33Cl2N3O5.C25H25Cl2N3O3.C24H23Cl2N3O3.C19H16Cl2N2O2.C11H19NO4.Na.H2O/c1-29(2,3)40-28(38)35-30(14-5-6-15-30)27(37)34-24(26(36)39-4)17-18-10-12-22-19(16-18)11-13-23(33-22)25-20(31)8-7-9-21(25)32;1-33-23(31)21(30-24(32)25(28)11-2-3-12-25)14-15-7-9-19-16(13-15)8-10-20(29-19)22-17(26)5-4-6-18(22)27;25-16-4-3-5-17(26)21(16)19-9-7-15-12-14(6-8-18(15)28-19)13-20(22(30)31)29-23(32)24(27)10-1-2-11-24;1-25-19(24)15(22)10-11-5-7-16-12(9-11)6-8-17(23-16)18-13(20)3-2-4-14(18)21;1-10(2,3)16-9(15)12-11(8(13)14)6-4-5-7-11;;/h7-13,16,24H,5-6,14-15,17H2,1-4H3,(H,34,37)(H,35,38);4-10,13,21H,2-3,11-12,14,28H2,1H3,(H,30,32);3-9,12,20H,1-2,10-11,13,27H2,(H,29,32)(H,30,31);2-9,15H,10,22H2,1H3;4-7H2,1-3H3,(H,12,15)(H,13,14);;1H2/q;;;;;+1;/p-1. The normalized spacial score (nSPS) is 15.3. The first-order valence-corrected chi connectivity index (χ1v) is 50.6. The van der Waals surface area contributed by atoms with E-state index in [4.69, 9.17) is 144 Å². The molecular formula is C109H117Cl8N12NaO18. The van der Waals surface area contributed by atoms with Gasteiger partial charge in [-0.3, -0.25) is 19.2 Å². The van der Waals surface area contributed by atoms with Crippen LogP contribution in [0.25, 0.3) is 88.6 Å². The first-order valence-electron chi connectivity index (χ1n) is 47.6. The quantitative estimate of drug-likeness (QED) is 0.0144. The number of carbonyl (C=O) groups excluding carboxylic acids is 8. The van der Waals surface area contributed by atoms with Crippen LogP contribution in [0.4, 0.5) is 9.59 Å². The van der Waals surface area contributed by atoms with Gasteiger partial charge in [0, 0.05) is 63.1 Å². The number of fused-ring (bicyclic) bond motifs is 4. The Hall–Kier alpha value is -11.1. The number of aromatic nitrogens is 4. The third-order valence-electron chi connectivity index (χ3n) is 25.5. The number of hydrogen-bond donors (Lipinski definition) is 10. The number of nitrogens with two attached hydrogens (primary N) is 3. The molecule has 778 valence electrons. The third-order valence-corrected chi connectivity index (χ3v) is 28.0. The number of amides is 5. The molecule has 4 aliphatic rings. The molecule has 148 heavy (non-hydrogen) atoms. The summed E-state index contributed by atoms with van der Waals surface area (Å²) in [5, 5.41) is 40.1. The number of carboxylic acid groups (broad SMARTS) is 2. The first kappa shape index (κ1) is 119. The predicted molar refractivity (Wildman–Crippen MR) is 573 cm³/mol. The van der Waals surface area contributed by atoms with Gasteiger partial charge in [-0.25, -0.2) is 48.7 Å². The van der Waals surface area contributed by atoms with Gasteiger partial charge in [-0.05, 0) is 243 Å². The molecule has 4 heterocycles. The number of hydrogen-bond acceptors (Lipinski definition) is 23. The summed E-state index contributed by atoms with van der Waals surface area (Å²) in [4.78, 5) is 141. The van der Waals surface area contributed by atoms with E-state index in [9.17, 15) is 53.1 Å². The van der Waals surface area contributed by atoms with E-state index in [1.54, 1.807) is 114 Å². The molecule has 16 rings (SSSR count). The first-order chi connectivity index (χ1) is 69.2. The molecule has 4 atom stereocenters. The van der Waals surface area contributed by atoms with Gasteiger partial charge in [-0.2, -0.15) is 0 Å². The molecule has 4 aromatic heterocycles. The fourth-order valence-electron chi connectivity index (χ4n) is 17.9. The minimum atomic E-state index is -1.15. The second-order valence-electron chi connectivity index (χ2n) is 38.6. The van der Waals surface area contributed by atoms with Crippen molar-refractivity contribution >= 4 is 196 Å². The maximum absolute atomic E-state index is 13.5. The van der Waals surface area contributed by atoms with Crippen LogP contribution in [0.1, 0.15) is 167 Å². The van der Waals surface area contributed by atoms with Crippen LogP contribution >= 0.6 is 92.8 Å². The van der Waals surface area contributed by atoms with Gasteiger partial charge < -0.3 is 83.2 Å². The fourth-order valence-corrected chi connectivity index (χ4v) is 20.3. The number of benzene rings is 8. The summed E-state index contributed by atoms with van der Waals surface area (Å²) < 4.78 is 25.0. The molecule has 0 spiro atoms. The van der Waals surface area contributed by atoms with Gasteiger partial charge in [0.25, 0.3) is 0 Å². The molecule has 14 N–H and O–H groups in total. The third kappa shape index (κ3) is 31.1. The summed E-state index contributed by atoms with van der Waals surface area (Å²) in [7, 11) is 3.91. The van der Waals surface area contributed by atoms with Crippen molar-refractivity contribution < 1.29 is 117 Å². The van der Waals surface area contributed by atoms with Gasteiger partial charge >= 0.3 is 71.6 Å². The van der Waals surface area contributed by atoms with Crippen LogP contribution < -0.4 is 73.3 Å². The van der Waals surface area contributed by atoms with Gasteiger partial charge in [-0.1, -0.05) is 217 Å².